The second kappa shape index (κ2) is 8.41. The van der Waals surface area contributed by atoms with Crippen molar-refractivity contribution in [3.05, 3.63) is 46.0 Å². The summed E-state index contributed by atoms with van der Waals surface area (Å²) in [6.45, 7) is 4.69. The number of likely N-dealkylation sites (tertiary alicyclic amines) is 1. The van der Waals surface area contributed by atoms with Crippen LogP contribution < -0.4 is 5.73 Å². The molecular formula is C19H23N3O3S2. The first-order chi connectivity index (χ1) is 12.9. The first kappa shape index (κ1) is 19.9. The molecule has 1 saturated heterocycles. The molecule has 1 aromatic carbocycles. The van der Waals surface area contributed by atoms with E-state index in [4.69, 9.17) is 10.8 Å². The number of nitrogens with two attached hydrogens (primary N) is 1. The SMILES string of the molecule is Cc1ccc(C(N)[C@H]2CCC(=O)N2CCSc2nc(C(=O)O)cs2)c(C)c1. The smallest absolute Gasteiger partial charge is 0.355 e. The normalized spacial score (nSPS) is 18.1. The topological polar surface area (TPSA) is 96.5 Å². The van der Waals surface area contributed by atoms with Gasteiger partial charge in [0.1, 0.15) is 0 Å². The number of hydrogen-bond acceptors (Lipinski definition) is 6. The number of rotatable bonds is 7. The molecule has 8 heteroatoms. The number of aromatic carboxylic acids is 1. The monoisotopic (exact) mass is 405 g/mol. The third-order valence-electron chi connectivity index (χ3n) is 4.83. The molecule has 6 nitrogen and oxygen atoms in total. The quantitative estimate of drug-likeness (QED) is 0.687. The number of thioether (sulfide) groups is 1. The molecule has 3 N–H and O–H groups in total. The minimum absolute atomic E-state index is 0.00891. The first-order valence-electron chi connectivity index (χ1n) is 8.80. The summed E-state index contributed by atoms with van der Waals surface area (Å²) < 4.78 is 0.703. The van der Waals surface area contributed by atoms with Crippen LogP contribution in [-0.2, 0) is 4.79 Å². The zero-order valence-corrected chi connectivity index (χ0v) is 17.0. The predicted molar refractivity (Wildman–Crippen MR) is 107 cm³/mol. The van der Waals surface area contributed by atoms with Gasteiger partial charge in [-0.1, -0.05) is 35.5 Å². The molecular weight excluding hydrogens is 382 g/mol. The number of thiazole rings is 1. The minimum atomic E-state index is -1.02. The Morgan fingerprint density at radius 1 is 1.48 bits per heavy atom. The molecule has 0 spiro atoms. The van der Waals surface area contributed by atoms with Crippen molar-refractivity contribution in [2.75, 3.05) is 12.3 Å². The van der Waals surface area contributed by atoms with Crippen LogP contribution in [0.15, 0.2) is 27.9 Å². The second-order valence-electron chi connectivity index (χ2n) is 6.73. The highest BCUT2D eigenvalue weighted by Crippen LogP contribution is 2.31. The van der Waals surface area contributed by atoms with Crippen LogP contribution in [0.1, 0.15) is 46.1 Å². The Morgan fingerprint density at radius 2 is 2.26 bits per heavy atom. The number of carbonyl (C=O) groups is 2. The standard InChI is InChI=1S/C19H23N3O3S2/c1-11-3-4-13(12(2)9-11)17(20)15-5-6-16(23)22(15)7-8-26-19-21-14(10-27-19)18(24)25/h3-4,9-10,15,17H,5-8,20H2,1-2H3,(H,24,25)/t15-,17?/m1/s1. The number of aryl methyl sites for hydroxylation is 2. The lowest BCUT2D eigenvalue weighted by Gasteiger charge is -2.30. The third-order valence-corrected chi connectivity index (χ3v) is 6.83. The van der Waals surface area contributed by atoms with Crippen LogP contribution in [0.4, 0.5) is 0 Å². The molecule has 1 aliphatic rings. The van der Waals surface area contributed by atoms with Crippen molar-refractivity contribution in [1.82, 2.24) is 9.88 Å². The van der Waals surface area contributed by atoms with Gasteiger partial charge in [0.05, 0.1) is 12.1 Å². The summed E-state index contributed by atoms with van der Waals surface area (Å²) in [6.07, 6.45) is 1.28. The summed E-state index contributed by atoms with van der Waals surface area (Å²) in [5, 5.41) is 10.5. The maximum absolute atomic E-state index is 12.4. The first-order valence-corrected chi connectivity index (χ1v) is 10.7. The van der Waals surface area contributed by atoms with Gasteiger partial charge >= 0.3 is 5.97 Å². The summed E-state index contributed by atoms with van der Waals surface area (Å²) in [6, 6.07) is 6.02. The summed E-state index contributed by atoms with van der Waals surface area (Å²) in [4.78, 5) is 29.2. The lowest BCUT2D eigenvalue weighted by atomic mass is 9.93. The zero-order chi connectivity index (χ0) is 19.6. The zero-order valence-electron chi connectivity index (χ0n) is 15.3. The van der Waals surface area contributed by atoms with Gasteiger partial charge in [-0.2, -0.15) is 0 Å². The Balaban J connectivity index is 1.64. The summed E-state index contributed by atoms with van der Waals surface area (Å²) in [5.74, 6) is -0.229. The van der Waals surface area contributed by atoms with Crippen molar-refractivity contribution in [2.24, 2.45) is 5.73 Å². The molecule has 0 saturated carbocycles. The van der Waals surface area contributed by atoms with Crippen molar-refractivity contribution in [3.63, 3.8) is 0 Å². The average molecular weight is 406 g/mol. The molecule has 0 aliphatic carbocycles. The third kappa shape index (κ3) is 4.51. The molecule has 0 bridgehead atoms. The van der Waals surface area contributed by atoms with Gasteiger partial charge in [-0.15, -0.1) is 11.3 Å². The molecule has 1 aromatic heterocycles. The average Bonchev–Trinajstić information content (AvgIpc) is 3.22. The lowest BCUT2D eigenvalue weighted by Crippen LogP contribution is -2.41. The number of carbonyl (C=O) groups excluding carboxylic acids is 1. The Morgan fingerprint density at radius 3 is 2.93 bits per heavy atom. The molecule has 1 unspecified atom stereocenters. The molecule has 2 atom stereocenters. The number of benzene rings is 1. The van der Waals surface area contributed by atoms with Gasteiger partial charge in [0.2, 0.25) is 5.91 Å². The van der Waals surface area contributed by atoms with Crippen LogP contribution in [0.3, 0.4) is 0 Å². The van der Waals surface area contributed by atoms with E-state index >= 15 is 0 Å². The summed E-state index contributed by atoms with van der Waals surface area (Å²) >= 11 is 2.78. The van der Waals surface area contributed by atoms with E-state index in [-0.39, 0.29) is 23.7 Å². The molecule has 1 fully saturated rings. The van der Waals surface area contributed by atoms with Crippen molar-refractivity contribution in [3.8, 4) is 0 Å². The molecule has 0 radical (unpaired) electrons. The van der Waals surface area contributed by atoms with Crippen molar-refractivity contribution >= 4 is 35.0 Å². The molecule has 2 heterocycles. The Kier molecular flexibility index (Phi) is 6.18. The van der Waals surface area contributed by atoms with Gasteiger partial charge in [-0.05, 0) is 31.4 Å². The predicted octanol–water partition coefficient (Wildman–Crippen LogP) is 3.24. The van der Waals surface area contributed by atoms with E-state index in [9.17, 15) is 9.59 Å². The molecule has 144 valence electrons. The highest BCUT2D eigenvalue weighted by atomic mass is 32.2. The van der Waals surface area contributed by atoms with E-state index in [1.54, 1.807) is 0 Å². The summed E-state index contributed by atoms with van der Waals surface area (Å²) in [5.41, 5.74) is 10.0. The van der Waals surface area contributed by atoms with Gasteiger partial charge in [0, 0.05) is 24.1 Å². The van der Waals surface area contributed by atoms with Gasteiger partial charge in [0.15, 0.2) is 10.0 Å². The second-order valence-corrected chi connectivity index (χ2v) is 8.93. The van der Waals surface area contributed by atoms with Crippen LogP contribution in [0.25, 0.3) is 0 Å². The van der Waals surface area contributed by atoms with Gasteiger partial charge in [0.25, 0.3) is 0 Å². The van der Waals surface area contributed by atoms with Crippen LogP contribution in [0.2, 0.25) is 0 Å². The van der Waals surface area contributed by atoms with Crippen molar-refractivity contribution in [2.45, 2.75) is 43.1 Å². The fourth-order valence-corrected chi connectivity index (χ4v) is 5.29. The fraction of sp³-hybridized carbons (Fsp3) is 0.421. The minimum Gasteiger partial charge on any atom is -0.476 e. The number of amides is 1. The van der Waals surface area contributed by atoms with Gasteiger partial charge < -0.3 is 15.7 Å². The van der Waals surface area contributed by atoms with Crippen LogP contribution >= 0.6 is 23.1 Å². The molecule has 1 amide bonds. The lowest BCUT2D eigenvalue weighted by molar-refractivity contribution is -0.128. The summed E-state index contributed by atoms with van der Waals surface area (Å²) in [7, 11) is 0. The number of carboxylic acids is 1. The van der Waals surface area contributed by atoms with E-state index in [2.05, 4.69) is 37.0 Å². The van der Waals surface area contributed by atoms with Crippen molar-refractivity contribution < 1.29 is 14.7 Å². The Bertz CT molecular complexity index is 852. The van der Waals surface area contributed by atoms with E-state index in [0.717, 1.165) is 17.5 Å². The van der Waals surface area contributed by atoms with Crippen molar-refractivity contribution in [1.29, 1.82) is 0 Å². The van der Waals surface area contributed by atoms with Gasteiger partial charge in [-0.3, -0.25) is 4.79 Å². The van der Waals surface area contributed by atoms with Gasteiger partial charge in [-0.25, -0.2) is 9.78 Å². The molecule has 2 aromatic rings. The molecule has 1 aliphatic heterocycles. The number of aromatic nitrogens is 1. The van der Waals surface area contributed by atoms with E-state index in [1.807, 2.05) is 4.90 Å². The Hall–Kier alpha value is -1.90. The van der Waals surface area contributed by atoms with Crippen LogP contribution in [-0.4, -0.2) is 45.2 Å². The number of nitrogens with zero attached hydrogens (tertiary/aromatic N) is 2. The van der Waals surface area contributed by atoms with Crippen LogP contribution in [0.5, 0.6) is 0 Å². The van der Waals surface area contributed by atoms with Crippen LogP contribution in [0, 0.1) is 13.8 Å². The van der Waals surface area contributed by atoms with E-state index < -0.39 is 5.97 Å². The highest BCUT2D eigenvalue weighted by molar-refractivity contribution is 8.01. The van der Waals surface area contributed by atoms with E-state index in [1.165, 1.54) is 34.0 Å². The molecule has 27 heavy (non-hydrogen) atoms. The Labute approximate surface area is 166 Å². The highest BCUT2D eigenvalue weighted by Gasteiger charge is 2.35. The molecule has 3 rings (SSSR count). The largest absolute Gasteiger partial charge is 0.476 e. The fourth-order valence-electron chi connectivity index (χ4n) is 3.48. The van der Waals surface area contributed by atoms with E-state index in [0.29, 0.717) is 23.1 Å². The number of hydrogen-bond donors (Lipinski definition) is 2. The maximum Gasteiger partial charge on any atom is 0.355 e. The maximum atomic E-state index is 12.4. The number of carboxylic acid groups (broad SMARTS) is 1.